The Morgan fingerprint density at radius 3 is 2.42 bits per heavy atom. The van der Waals surface area contributed by atoms with Crippen LogP contribution in [0.25, 0.3) is 0 Å². The lowest BCUT2D eigenvalue weighted by molar-refractivity contribution is -0.122. The second-order valence-corrected chi connectivity index (χ2v) is 3.38. The van der Waals surface area contributed by atoms with Crippen molar-refractivity contribution in [2.24, 2.45) is 11.7 Å². The lowest BCUT2D eigenvalue weighted by Gasteiger charge is -2.12. The molecule has 1 rings (SSSR count). The molecule has 1 fully saturated rings. The molecular formula is C8H14N2O2. The molecule has 0 atom stereocenters. The molecule has 12 heavy (non-hydrogen) atoms. The van der Waals surface area contributed by atoms with Gasteiger partial charge in [-0.2, -0.15) is 0 Å². The number of nitrogens with two attached hydrogens (primary N) is 1. The maximum absolute atomic E-state index is 11.2. The highest BCUT2D eigenvalue weighted by atomic mass is 16.1. The maximum Gasteiger partial charge on any atom is 0.231 e. The van der Waals surface area contributed by atoms with Gasteiger partial charge in [0.05, 0.1) is 13.1 Å². The van der Waals surface area contributed by atoms with Gasteiger partial charge in [0.2, 0.25) is 5.91 Å². The van der Waals surface area contributed by atoms with Crippen LogP contribution in [0.15, 0.2) is 0 Å². The zero-order chi connectivity index (χ0) is 9.14. The Labute approximate surface area is 71.7 Å². The fourth-order valence-corrected chi connectivity index (χ4v) is 1.12. The van der Waals surface area contributed by atoms with E-state index in [2.05, 4.69) is 0 Å². The highest BCUT2D eigenvalue weighted by Crippen LogP contribution is 2.29. The predicted molar refractivity (Wildman–Crippen MR) is 44.4 cm³/mol. The molecule has 1 saturated carbocycles. The molecule has 0 radical (unpaired) electrons. The average molecular weight is 170 g/mol. The van der Waals surface area contributed by atoms with E-state index in [-0.39, 0.29) is 24.2 Å². The van der Waals surface area contributed by atoms with Crippen LogP contribution in [0.4, 0.5) is 0 Å². The summed E-state index contributed by atoms with van der Waals surface area (Å²) in [7, 11) is 1.73. The fraction of sp³-hybridized carbons (Fsp3) is 0.750. The molecule has 0 aromatic rings. The van der Waals surface area contributed by atoms with E-state index in [1.165, 1.54) is 0 Å². The smallest absolute Gasteiger partial charge is 0.231 e. The van der Waals surface area contributed by atoms with Gasteiger partial charge in [0.1, 0.15) is 5.78 Å². The van der Waals surface area contributed by atoms with Gasteiger partial charge >= 0.3 is 0 Å². The van der Waals surface area contributed by atoms with Crippen molar-refractivity contribution < 1.29 is 9.59 Å². The van der Waals surface area contributed by atoms with E-state index in [0.29, 0.717) is 6.54 Å². The van der Waals surface area contributed by atoms with Crippen molar-refractivity contribution in [3.8, 4) is 0 Å². The summed E-state index contributed by atoms with van der Waals surface area (Å²) >= 11 is 0. The first-order chi connectivity index (χ1) is 5.59. The molecule has 0 saturated heterocycles. The molecule has 4 nitrogen and oxygen atoms in total. The van der Waals surface area contributed by atoms with Crippen LogP contribution in [-0.2, 0) is 9.59 Å². The van der Waals surface area contributed by atoms with E-state index in [9.17, 15) is 9.59 Å². The largest absolute Gasteiger partial charge is 0.369 e. The first-order valence-electron chi connectivity index (χ1n) is 4.09. The minimum absolute atomic E-state index is 0.165. The number of primary amides is 1. The molecule has 68 valence electrons. The van der Waals surface area contributed by atoms with Crippen molar-refractivity contribution in [2.45, 2.75) is 12.8 Å². The van der Waals surface area contributed by atoms with Gasteiger partial charge in [0.15, 0.2) is 0 Å². The first kappa shape index (κ1) is 9.19. The number of rotatable bonds is 5. The van der Waals surface area contributed by atoms with Gasteiger partial charge in [-0.15, -0.1) is 0 Å². The van der Waals surface area contributed by atoms with Crippen molar-refractivity contribution in [3.05, 3.63) is 0 Å². The number of amides is 1. The molecule has 0 heterocycles. The standard InChI is InChI=1S/C8H14N2O2/c1-10(5-8(9)12)4-7(11)6-2-3-6/h6H,2-5H2,1H3,(H2,9,12). The first-order valence-corrected chi connectivity index (χ1v) is 4.09. The zero-order valence-electron chi connectivity index (χ0n) is 7.25. The lowest BCUT2D eigenvalue weighted by Crippen LogP contribution is -2.34. The molecule has 0 aromatic carbocycles. The average Bonchev–Trinajstić information content (AvgIpc) is 2.63. The van der Waals surface area contributed by atoms with Gasteiger partial charge in [0, 0.05) is 5.92 Å². The number of ketones is 1. The quantitative estimate of drug-likeness (QED) is 0.598. The number of likely N-dealkylation sites (N-methyl/N-ethyl adjacent to an activating group) is 1. The monoisotopic (exact) mass is 170 g/mol. The van der Waals surface area contributed by atoms with Crippen LogP contribution in [0.5, 0.6) is 0 Å². The third kappa shape index (κ3) is 3.00. The Morgan fingerprint density at radius 1 is 1.42 bits per heavy atom. The normalized spacial score (nSPS) is 16.5. The van der Waals surface area contributed by atoms with Crippen molar-refractivity contribution >= 4 is 11.7 Å². The van der Waals surface area contributed by atoms with E-state index in [1.807, 2.05) is 0 Å². The Hall–Kier alpha value is -0.900. The van der Waals surface area contributed by atoms with E-state index >= 15 is 0 Å². The van der Waals surface area contributed by atoms with Crippen molar-refractivity contribution in [1.29, 1.82) is 0 Å². The van der Waals surface area contributed by atoms with Crippen LogP contribution in [0.2, 0.25) is 0 Å². The van der Waals surface area contributed by atoms with E-state index < -0.39 is 0 Å². The molecule has 0 spiro atoms. The van der Waals surface area contributed by atoms with Crippen LogP contribution in [0.3, 0.4) is 0 Å². The Morgan fingerprint density at radius 2 is 2.00 bits per heavy atom. The number of carbonyl (C=O) groups is 2. The summed E-state index contributed by atoms with van der Waals surface area (Å²) in [5.74, 6) is 0.111. The fourth-order valence-electron chi connectivity index (χ4n) is 1.12. The summed E-state index contributed by atoms with van der Waals surface area (Å²) in [5.41, 5.74) is 4.97. The minimum atomic E-state index is -0.388. The summed E-state index contributed by atoms with van der Waals surface area (Å²) in [6.07, 6.45) is 2.03. The van der Waals surface area contributed by atoms with Gasteiger partial charge in [-0.1, -0.05) is 0 Å². The van der Waals surface area contributed by atoms with Crippen molar-refractivity contribution in [3.63, 3.8) is 0 Å². The summed E-state index contributed by atoms with van der Waals surface area (Å²) < 4.78 is 0. The molecule has 1 amide bonds. The number of hydrogen-bond donors (Lipinski definition) is 1. The minimum Gasteiger partial charge on any atom is -0.369 e. The van der Waals surface area contributed by atoms with E-state index in [0.717, 1.165) is 12.8 Å². The van der Waals surface area contributed by atoms with Crippen LogP contribution >= 0.6 is 0 Å². The molecule has 1 aliphatic rings. The zero-order valence-corrected chi connectivity index (χ0v) is 7.25. The predicted octanol–water partition coefficient (Wildman–Crippen LogP) is -0.617. The third-order valence-electron chi connectivity index (χ3n) is 1.88. The number of nitrogens with zero attached hydrogens (tertiary/aromatic N) is 1. The topological polar surface area (TPSA) is 63.4 Å². The molecule has 1 aliphatic carbocycles. The van der Waals surface area contributed by atoms with Crippen molar-refractivity contribution in [1.82, 2.24) is 4.90 Å². The molecule has 0 bridgehead atoms. The Kier molecular flexibility index (Phi) is 2.81. The third-order valence-corrected chi connectivity index (χ3v) is 1.88. The van der Waals surface area contributed by atoms with Crippen LogP contribution < -0.4 is 5.73 Å². The summed E-state index contributed by atoms with van der Waals surface area (Å²) in [6.45, 7) is 0.520. The number of carbonyl (C=O) groups excluding carboxylic acids is 2. The number of Topliss-reactive ketones (excluding diaryl/α,β-unsaturated/α-hetero) is 1. The second kappa shape index (κ2) is 3.67. The molecule has 4 heteroatoms. The van der Waals surface area contributed by atoms with E-state index in [1.54, 1.807) is 11.9 Å². The van der Waals surface area contributed by atoms with Gasteiger partial charge < -0.3 is 5.73 Å². The molecule has 0 unspecified atom stereocenters. The summed E-state index contributed by atoms with van der Waals surface area (Å²) in [4.78, 5) is 23.3. The van der Waals surface area contributed by atoms with Gasteiger partial charge in [0.25, 0.3) is 0 Å². The molecule has 0 aromatic heterocycles. The summed E-state index contributed by atoms with van der Waals surface area (Å²) in [5, 5.41) is 0. The number of hydrogen-bond acceptors (Lipinski definition) is 3. The van der Waals surface area contributed by atoms with E-state index in [4.69, 9.17) is 5.73 Å². The van der Waals surface area contributed by atoms with Gasteiger partial charge in [-0.3, -0.25) is 14.5 Å². The highest BCUT2D eigenvalue weighted by molar-refractivity contribution is 5.85. The van der Waals surface area contributed by atoms with Gasteiger partial charge in [-0.25, -0.2) is 0 Å². The molecule has 2 N–H and O–H groups in total. The second-order valence-electron chi connectivity index (χ2n) is 3.38. The van der Waals surface area contributed by atoms with Crippen LogP contribution in [-0.4, -0.2) is 36.7 Å². The van der Waals surface area contributed by atoms with Crippen LogP contribution in [0, 0.1) is 5.92 Å². The Bertz CT molecular complexity index is 199. The highest BCUT2D eigenvalue weighted by Gasteiger charge is 2.29. The molecular weight excluding hydrogens is 156 g/mol. The molecule has 0 aliphatic heterocycles. The lowest BCUT2D eigenvalue weighted by atomic mass is 10.2. The maximum atomic E-state index is 11.2. The SMILES string of the molecule is CN(CC(N)=O)CC(=O)C1CC1. The van der Waals surface area contributed by atoms with Crippen molar-refractivity contribution in [2.75, 3.05) is 20.1 Å². The summed E-state index contributed by atoms with van der Waals surface area (Å²) in [6, 6.07) is 0. The Balaban J connectivity index is 2.20. The van der Waals surface area contributed by atoms with Crippen LogP contribution in [0.1, 0.15) is 12.8 Å². The van der Waals surface area contributed by atoms with Gasteiger partial charge in [-0.05, 0) is 19.9 Å².